The van der Waals surface area contributed by atoms with Crippen LogP contribution in [0.4, 0.5) is 15.8 Å². The van der Waals surface area contributed by atoms with E-state index in [1.807, 2.05) is 0 Å². The van der Waals surface area contributed by atoms with Crippen LogP contribution in [0, 0.1) is 21.8 Å². The number of hydrogen-bond donors (Lipinski definition) is 1. The third kappa shape index (κ3) is 3.65. The van der Waals surface area contributed by atoms with E-state index in [1.54, 1.807) is 6.07 Å². The number of halogens is 2. The summed E-state index contributed by atoms with van der Waals surface area (Å²) in [5.74, 6) is -0.291. The molecule has 1 aromatic rings. The van der Waals surface area contributed by atoms with Crippen molar-refractivity contribution in [2.24, 2.45) is 5.92 Å². The predicted molar refractivity (Wildman–Crippen MR) is 75.8 cm³/mol. The summed E-state index contributed by atoms with van der Waals surface area (Å²) < 4.78 is 14.1. The Labute approximate surface area is 119 Å². The standard InChI is InChI=1S/C13H16BrFN2O2/c14-10-6-11(15)13(17(18)19)12(7-10)16-8-9-4-2-1-3-5-9/h6-7,9,16H,1-5,8H2. The maximum Gasteiger partial charge on any atom is 0.327 e. The Morgan fingerprint density at radius 1 is 1.37 bits per heavy atom. The van der Waals surface area contributed by atoms with Gasteiger partial charge in [-0.1, -0.05) is 35.2 Å². The summed E-state index contributed by atoms with van der Waals surface area (Å²) in [6.45, 7) is 0.663. The van der Waals surface area contributed by atoms with Gasteiger partial charge in [0.1, 0.15) is 5.69 Å². The molecule has 0 aromatic heterocycles. The molecule has 0 spiro atoms. The van der Waals surface area contributed by atoms with Crippen LogP contribution in [-0.2, 0) is 0 Å². The molecule has 6 heteroatoms. The smallest absolute Gasteiger partial charge is 0.327 e. The first-order valence-electron chi connectivity index (χ1n) is 6.45. The quantitative estimate of drug-likeness (QED) is 0.653. The van der Waals surface area contributed by atoms with Gasteiger partial charge in [0.05, 0.1) is 4.92 Å². The van der Waals surface area contributed by atoms with E-state index in [0.29, 0.717) is 16.9 Å². The topological polar surface area (TPSA) is 55.2 Å². The molecule has 0 amide bonds. The van der Waals surface area contributed by atoms with Crippen molar-refractivity contribution < 1.29 is 9.31 Å². The molecule has 0 saturated heterocycles. The predicted octanol–water partition coefficient (Wildman–Crippen LogP) is 4.49. The van der Waals surface area contributed by atoms with E-state index >= 15 is 0 Å². The number of nitrogens with one attached hydrogen (secondary N) is 1. The van der Waals surface area contributed by atoms with Crippen LogP contribution in [0.15, 0.2) is 16.6 Å². The highest BCUT2D eigenvalue weighted by molar-refractivity contribution is 9.10. The van der Waals surface area contributed by atoms with E-state index in [4.69, 9.17) is 0 Å². The molecule has 19 heavy (non-hydrogen) atoms. The number of nitrogens with zero attached hydrogens (tertiary/aromatic N) is 1. The summed E-state index contributed by atoms with van der Waals surface area (Å²) in [4.78, 5) is 10.2. The second kappa shape index (κ2) is 6.32. The van der Waals surface area contributed by atoms with Crippen LogP contribution >= 0.6 is 15.9 Å². The molecule has 0 unspecified atom stereocenters. The minimum absolute atomic E-state index is 0.252. The van der Waals surface area contributed by atoms with Gasteiger partial charge >= 0.3 is 5.69 Å². The molecule has 1 aliphatic rings. The lowest BCUT2D eigenvalue weighted by Crippen LogP contribution is -2.17. The summed E-state index contributed by atoms with van der Waals surface area (Å²) in [6, 6.07) is 2.67. The third-order valence-corrected chi connectivity index (χ3v) is 3.97. The molecule has 1 aromatic carbocycles. The lowest BCUT2D eigenvalue weighted by Gasteiger charge is -2.22. The van der Waals surface area contributed by atoms with Gasteiger partial charge in [-0.3, -0.25) is 10.1 Å². The molecule has 1 N–H and O–H groups in total. The molecule has 2 rings (SSSR count). The van der Waals surface area contributed by atoms with Crippen LogP contribution in [0.1, 0.15) is 32.1 Å². The van der Waals surface area contributed by atoms with Crippen molar-refractivity contribution in [3.8, 4) is 0 Å². The number of nitro benzene ring substituents is 1. The molecule has 1 fully saturated rings. The average molecular weight is 331 g/mol. The van der Waals surface area contributed by atoms with Crippen LogP contribution in [0.25, 0.3) is 0 Å². The molecule has 1 aliphatic carbocycles. The van der Waals surface area contributed by atoms with Gasteiger partial charge in [0.15, 0.2) is 0 Å². The fourth-order valence-corrected chi connectivity index (χ4v) is 2.96. The van der Waals surface area contributed by atoms with E-state index in [-0.39, 0.29) is 5.69 Å². The molecule has 104 valence electrons. The van der Waals surface area contributed by atoms with Gasteiger partial charge in [-0.15, -0.1) is 0 Å². The van der Waals surface area contributed by atoms with Gasteiger partial charge in [0.25, 0.3) is 0 Å². The molecular formula is C13H16BrFN2O2. The van der Waals surface area contributed by atoms with E-state index < -0.39 is 16.4 Å². The van der Waals surface area contributed by atoms with Crippen LogP contribution in [-0.4, -0.2) is 11.5 Å². The number of nitro groups is 1. The molecule has 4 nitrogen and oxygen atoms in total. The Bertz CT molecular complexity index is 476. The van der Waals surface area contributed by atoms with E-state index in [2.05, 4.69) is 21.2 Å². The fraction of sp³-hybridized carbons (Fsp3) is 0.538. The average Bonchev–Trinajstić information content (AvgIpc) is 2.36. The van der Waals surface area contributed by atoms with Crippen molar-refractivity contribution in [1.82, 2.24) is 0 Å². The third-order valence-electron chi connectivity index (χ3n) is 3.52. The van der Waals surface area contributed by atoms with E-state index in [0.717, 1.165) is 18.9 Å². The number of anilines is 1. The summed E-state index contributed by atoms with van der Waals surface area (Å²) >= 11 is 3.16. The minimum Gasteiger partial charge on any atom is -0.379 e. The van der Waals surface area contributed by atoms with Gasteiger partial charge in [0, 0.05) is 11.0 Å². The minimum atomic E-state index is -0.814. The zero-order valence-corrected chi connectivity index (χ0v) is 12.1. The number of hydrogen-bond acceptors (Lipinski definition) is 3. The zero-order chi connectivity index (χ0) is 13.8. The zero-order valence-electron chi connectivity index (χ0n) is 10.5. The van der Waals surface area contributed by atoms with Crippen molar-refractivity contribution in [3.05, 3.63) is 32.5 Å². The molecule has 0 bridgehead atoms. The molecule has 0 radical (unpaired) electrons. The molecule has 0 aliphatic heterocycles. The van der Waals surface area contributed by atoms with Crippen molar-refractivity contribution in [1.29, 1.82) is 0 Å². The Balaban J connectivity index is 2.12. The highest BCUT2D eigenvalue weighted by Crippen LogP contribution is 2.32. The van der Waals surface area contributed by atoms with Crippen LogP contribution in [0.3, 0.4) is 0 Å². The lowest BCUT2D eigenvalue weighted by molar-refractivity contribution is -0.386. The maximum absolute atomic E-state index is 13.6. The van der Waals surface area contributed by atoms with Crippen molar-refractivity contribution in [3.63, 3.8) is 0 Å². The van der Waals surface area contributed by atoms with Gasteiger partial charge < -0.3 is 5.32 Å². The Kier molecular flexibility index (Phi) is 4.74. The molecule has 0 atom stereocenters. The highest BCUT2D eigenvalue weighted by atomic mass is 79.9. The largest absolute Gasteiger partial charge is 0.379 e. The first-order chi connectivity index (χ1) is 9.08. The maximum atomic E-state index is 13.6. The summed E-state index contributed by atoms with van der Waals surface area (Å²) in [7, 11) is 0. The molecule has 0 heterocycles. The Morgan fingerprint density at radius 2 is 2.05 bits per heavy atom. The van der Waals surface area contributed by atoms with Crippen LogP contribution in [0.5, 0.6) is 0 Å². The summed E-state index contributed by atoms with van der Waals surface area (Å²) in [6.07, 6.45) is 5.96. The Morgan fingerprint density at radius 3 is 2.68 bits per heavy atom. The van der Waals surface area contributed by atoms with Crippen LogP contribution in [0.2, 0.25) is 0 Å². The van der Waals surface area contributed by atoms with Gasteiger partial charge in [-0.05, 0) is 30.9 Å². The summed E-state index contributed by atoms with van der Waals surface area (Å²) in [5, 5.41) is 13.9. The second-order valence-electron chi connectivity index (χ2n) is 4.93. The normalized spacial score (nSPS) is 16.3. The van der Waals surface area contributed by atoms with Crippen molar-refractivity contribution in [2.45, 2.75) is 32.1 Å². The summed E-state index contributed by atoms with van der Waals surface area (Å²) in [5.41, 5.74) is -0.221. The second-order valence-corrected chi connectivity index (χ2v) is 5.84. The molecular weight excluding hydrogens is 315 g/mol. The van der Waals surface area contributed by atoms with Gasteiger partial charge in [0.2, 0.25) is 5.82 Å². The first-order valence-corrected chi connectivity index (χ1v) is 7.24. The van der Waals surface area contributed by atoms with E-state index in [1.165, 1.54) is 19.3 Å². The highest BCUT2D eigenvalue weighted by Gasteiger charge is 2.22. The van der Waals surface area contributed by atoms with Crippen molar-refractivity contribution >= 4 is 27.3 Å². The van der Waals surface area contributed by atoms with E-state index in [9.17, 15) is 14.5 Å². The van der Waals surface area contributed by atoms with Crippen molar-refractivity contribution in [2.75, 3.05) is 11.9 Å². The van der Waals surface area contributed by atoms with Crippen LogP contribution < -0.4 is 5.32 Å². The number of rotatable bonds is 4. The van der Waals surface area contributed by atoms with Gasteiger partial charge in [-0.25, -0.2) is 0 Å². The molecule has 1 saturated carbocycles. The first kappa shape index (κ1) is 14.2. The fourth-order valence-electron chi connectivity index (χ4n) is 2.53. The van der Waals surface area contributed by atoms with Gasteiger partial charge in [-0.2, -0.15) is 4.39 Å². The SMILES string of the molecule is O=[N+]([O-])c1c(F)cc(Br)cc1NCC1CCCCC1. The lowest BCUT2D eigenvalue weighted by atomic mass is 9.89. The Hall–Kier alpha value is -1.17. The monoisotopic (exact) mass is 330 g/mol. The number of benzene rings is 1.